The third-order valence-electron chi connectivity index (χ3n) is 2.06. The summed E-state index contributed by atoms with van der Waals surface area (Å²) in [5, 5.41) is 17.4. The lowest BCUT2D eigenvalue weighted by Crippen LogP contribution is -2.21. The number of H-pyrrole nitrogens is 1. The summed E-state index contributed by atoms with van der Waals surface area (Å²) in [6.45, 7) is 0.122. The fourth-order valence-electron chi connectivity index (χ4n) is 1.23. The molecule has 7 heteroatoms. The van der Waals surface area contributed by atoms with Crippen molar-refractivity contribution in [2.75, 3.05) is 0 Å². The summed E-state index contributed by atoms with van der Waals surface area (Å²) in [6, 6.07) is 2.83. The molecule has 0 saturated heterocycles. The Morgan fingerprint density at radius 3 is 2.88 bits per heavy atom. The van der Waals surface area contributed by atoms with Crippen LogP contribution in [0.15, 0.2) is 28.9 Å². The number of aromatic amines is 1. The van der Waals surface area contributed by atoms with Crippen LogP contribution in [0.4, 0.5) is 0 Å². The summed E-state index contributed by atoms with van der Waals surface area (Å²) in [5.74, 6) is -1.23. The maximum absolute atomic E-state index is 11.5. The molecule has 0 aliphatic heterocycles. The Hall–Kier alpha value is -2.57. The number of carbonyl (C=O) groups is 2. The van der Waals surface area contributed by atoms with E-state index in [1.165, 1.54) is 24.5 Å². The van der Waals surface area contributed by atoms with Crippen LogP contribution in [0.25, 0.3) is 0 Å². The van der Waals surface area contributed by atoms with Crippen LogP contribution in [-0.2, 0) is 6.54 Å². The van der Waals surface area contributed by atoms with Crippen LogP contribution in [0, 0.1) is 0 Å². The minimum absolute atomic E-state index is 0.122. The number of carboxylic acids is 1. The Morgan fingerprint density at radius 1 is 1.47 bits per heavy atom. The zero-order valence-electron chi connectivity index (χ0n) is 8.64. The van der Waals surface area contributed by atoms with E-state index in [2.05, 4.69) is 15.5 Å². The number of hydrogen-bond donors (Lipinski definition) is 3. The van der Waals surface area contributed by atoms with Gasteiger partial charge in [-0.25, -0.2) is 4.79 Å². The molecule has 1 amide bonds. The van der Waals surface area contributed by atoms with Gasteiger partial charge in [-0.2, -0.15) is 5.10 Å². The van der Waals surface area contributed by atoms with E-state index in [1.807, 2.05) is 0 Å². The standard InChI is InChI=1S/C10H9N3O4/c14-9(6-3-12-13-4-6)11-5-7-1-2-8(17-7)10(15)16/h1-4H,5H2,(H,11,14)(H,12,13)(H,15,16). The lowest BCUT2D eigenvalue weighted by Gasteiger charge is -1.99. The molecule has 0 atom stereocenters. The number of nitrogens with zero attached hydrogens (tertiary/aromatic N) is 1. The van der Waals surface area contributed by atoms with Gasteiger partial charge in [-0.15, -0.1) is 0 Å². The molecule has 0 aliphatic rings. The van der Waals surface area contributed by atoms with Crippen LogP contribution in [0.2, 0.25) is 0 Å². The van der Waals surface area contributed by atoms with Crippen LogP contribution in [0.1, 0.15) is 26.7 Å². The minimum atomic E-state index is -1.14. The van der Waals surface area contributed by atoms with Gasteiger partial charge in [0.05, 0.1) is 18.3 Å². The van der Waals surface area contributed by atoms with Crippen molar-refractivity contribution in [3.8, 4) is 0 Å². The van der Waals surface area contributed by atoms with Gasteiger partial charge >= 0.3 is 5.97 Å². The van der Waals surface area contributed by atoms with Gasteiger partial charge < -0.3 is 14.8 Å². The Bertz CT molecular complexity index is 530. The van der Waals surface area contributed by atoms with Crippen molar-refractivity contribution >= 4 is 11.9 Å². The van der Waals surface area contributed by atoms with Gasteiger partial charge in [0.1, 0.15) is 5.76 Å². The molecule has 0 bridgehead atoms. The molecule has 88 valence electrons. The smallest absolute Gasteiger partial charge is 0.371 e. The van der Waals surface area contributed by atoms with Gasteiger partial charge in [-0.1, -0.05) is 0 Å². The van der Waals surface area contributed by atoms with Crippen molar-refractivity contribution < 1.29 is 19.1 Å². The topological polar surface area (TPSA) is 108 Å². The second kappa shape index (κ2) is 4.52. The Morgan fingerprint density at radius 2 is 2.29 bits per heavy atom. The number of furan rings is 1. The number of rotatable bonds is 4. The molecule has 2 heterocycles. The minimum Gasteiger partial charge on any atom is -0.475 e. The van der Waals surface area contributed by atoms with Crippen molar-refractivity contribution in [3.63, 3.8) is 0 Å². The van der Waals surface area contributed by atoms with Crippen LogP contribution in [0.3, 0.4) is 0 Å². The molecule has 7 nitrogen and oxygen atoms in total. The van der Waals surface area contributed by atoms with Crippen molar-refractivity contribution in [1.29, 1.82) is 0 Å². The summed E-state index contributed by atoms with van der Waals surface area (Å²) in [7, 11) is 0. The predicted molar refractivity (Wildman–Crippen MR) is 55.4 cm³/mol. The van der Waals surface area contributed by atoms with Crippen molar-refractivity contribution in [1.82, 2.24) is 15.5 Å². The van der Waals surface area contributed by atoms with Gasteiger partial charge in [0.2, 0.25) is 5.76 Å². The lowest BCUT2D eigenvalue weighted by molar-refractivity contribution is 0.0660. The molecule has 0 unspecified atom stereocenters. The molecule has 0 saturated carbocycles. The van der Waals surface area contributed by atoms with Gasteiger partial charge in [-0.05, 0) is 12.1 Å². The lowest BCUT2D eigenvalue weighted by atomic mass is 10.3. The average Bonchev–Trinajstić information content (AvgIpc) is 2.97. The number of aromatic carboxylic acids is 1. The van der Waals surface area contributed by atoms with E-state index in [1.54, 1.807) is 0 Å². The van der Waals surface area contributed by atoms with E-state index in [-0.39, 0.29) is 18.2 Å². The van der Waals surface area contributed by atoms with E-state index in [0.717, 1.165) is 0 Å². The van der Waals surface area contributed by atoms with E-state index in [0.29, 0.717) is 11.3 Å². The first kappa shape index (κ1) is 10.9. The molecule has 17 heavy (non-hydrogen) atoms. The first-order valence-electron chi connectivity index (χ1n) is 4.76. The molecule has 0 fully saturated rings. The second-order valence-corrected chi connectivity index (χ2v) is 3.24. The summed E-state index contributed by atoms with van der Waals surface area (Å²) in [4.78, 5) is 22.0. The van der Waals surface area contributed by atoms with E-state index in [9.17, 15) is 9.59 Å². The van der Waals surface area contributed by atoms with Crippen LogP contribution in [0.5, 0.6) is 0 Å². The van der Waals surface area contributed by atoms with Gasteiger partial charge in [0.15, 0.2) is 0 Å². The number of carboxylic acid groups (broad SMARTS) is 1. The molecule has 0 spiro atoms. The maximum Gasteiger partial charge on any atom is 0.371 e. The molecule has 0 radical (unpaired) electrons. The Labute approximate surface area is 95.4 Å². The Kier molecular flexibility index (Phi) is 2.91. The molecule has 2 aromatic rings. The first-order valence-corrected chi connectivity index (χ1v) is 4.76. The van der Waals surface area contributed by atoms with E-state index in [4.69, 9.17) is 9.52 Å². The van der Waals surface area contributed by atoms with E-state index < -0.39 is 5.97 Å². The number of amides is 1. The van der Waals surface area contributed by atoms with Crippen LogP contribution in [-0.4, -0.2) is 27.2 Å². The molecule has 3 N–H and O–H groups in total. The number of aromatic nitrogens is 2. The third kappa shape index (κ3) is 2.51. The fraction of sp³-hybridized carbons (Fsp3) is 0.100. The highest BCUT2D eigenvalue weighted by molar-refractivity contribution is 5.93. The zero-order valence-corrected chi connectivity index (χ0v) is 8.64. The van der Waals surface area contributed by atoms with Gasteiger partial charge in [0.25, 0.3) is 5.91 Å². The van der Waals surface area contributed by atoms with Crippen LogP contribution < -0.4 is 5.32 Å². The largest absolute Gasteiger partial charge is 0.475 e. The number of nitrogens with one attached hydrogen (secondary N) is 2. The summed E-state index contributed by atoms with van der Waals surface area (Å²) in [6.07, 6.45) is 2.85. The first-order chi connectivity index (χ1) is 8.16. The van der Waals surface area contributed by atoms with Crippen molar-refractivity contribution in [2.24, 2.45) is 0 Å². The number of hydrogen-bond acceptors (Lipinski definition) is 4. The highest BCUT2D eigenvalue weighted by Crippen LogP contribution is 2.07. The summed E-state index contributed by atoms with van der Waals surface area (Å²) < 4.78 is 4.98. The van der Waals surface area contributed by atoms with Crippen molar-refractivity contribution in [2.45, 2.75) is 6.54 Å². The number of carbonyl (C=O) groups excluding carboxylic acids is 1. The monoisotopic (exact) mass is 235 g/mol. The fourth-order valence-corrected chi connectivity index (χ4v) is 1.23. The van der Waals surface area contributed by atoms with Gasteiger partial charge in [0, 0.05) is 6.20 Å². The normalized spacial score (nSPS) is 10.1. The van der Waals surface area contributed by atoms with Crippen LogP contribution >= 0.6 is 0 Å². The zero-order chi connectivity index (χ0) is 12.3. The highest BCUT2D eigenvalue weighted by atomic mass is 16.4. The molecule has 0 aromatic carbocycles. The Balaban J connectivity index is 1.93. The average molecular weight is 235 g/mol. The maximum atomic E-state index is 11.5. The van der Waals surface area contributed by atoms with E-state index >= 15 is 0 Å². The second-order valence-electron chi connectivity index (χ2n) is 3.24. The predicted octanol–water partition coefficient (Wildman–Crippen LogP) is 0.631. The molecular formula is C10H9N3O4. The van der Waals surface area contributed by atoms with Crippen molar-refractivity contribution in [3.05, 3.63) is 41.6 Å². The molecule has 0 aliphatic carbocycles. The molecule has 2 aromatic heterocycles. The highest BCUT2D eigenvalue weighted by Gasteiger charge is 2.10. The summed E-state index contributed by atoms with van der Waals surface area (Å²) >= 11 is 0. The van der Waals surface area contributed by atoms with Gasteiger partial charge in [-0.3, -0.25) is 9.89 Å². The third-order valence-corrected chi connectivity index (χ3v) is 2.06. The quantitative estimate of drug-likeness (QED) is 0.720. The SMILES string of the molecule is O=C(NCc1ccc(C(=O)O)o1)c1cn[nH]c1. The molecular weight excluding hydrogens is 226 g/mol. The summed E-state index contributed by atoms with van der Waals surface area (Å²) in [5.41, 5.74) is 0.398. The molecule has 2 rings (SSSR count).